The monoisotopic (exact) mass is 199 g/mol. The first kappa shape index (κ1) is 9.41. The molecule has 72 valence electrons. The quantitative estimate of drug-likeness (QED) is 0.253. The number of rotatable bonds is 3. The number of hydrogen-bond acceptors (Lipinski definition) is 6. The summed E-state index contributed by atoms with van der Waals surface area (Å²) >= 11 is 0. The summed E-state index contributed by atoms with van der Waals surface area (Å²) in [4.78, 5) is 20.7. The highest BCUT2D eigenvalue weighted by atomic mass is 16.6. The number of hydrogen-bond donors (Lipinski definition) is 1. The van der Waals surface area contributed by atoms with Crippen LogP contribution in [0.5, 0.6) is 0 Å². The van der Waals surface area contributed by atoms with Gasteiger partial charge in [-0.2, -0.15) is 0 Å². The van der Waals surface area contributed by atoms with Gasteiger partial charge in [-0.1, -0.05) is 5.10 Å². The smallest absolute Gasteiger partial charge is 0.358 e. The van der Waals surface area contributed by atoms with E-state index < -0.39 is 27.2 Å². The molecule has 1 N–H and O–H groups in total. The fourth-order valence-corrected chi connectivity index (χ4v) is 0.725. The lowest BCUT2D eigenvalue weighted by molar-refractivity contribution is -0.424. The summed E-state index contributed by atoms with van der Waals surface area (Å²) in [6.07, 6.45) is 0. The number of nitrogens with zero attached hydrogens (tertiary/aromatic N) is 6. The molecule has 0 aliphatic carbocycles. The summed E-state index contributed by atoms with van der Waals surface area (Å²) in [6.45, 7) is 0. The lowest BCUT2D eigenvalue weighted by Crippen LogP contribution is -1.94. The van der Waals surface area contributed by atoms with Gasteiger partial charge in [0.15, 0.2) is 0 Å². The van der Waals surface area contributed by atoms with Crippen LogP contribution in [0.15, 0.2) is 5.11 Å². The maximum absolute atomic E-state index is 10.3. The predicted molar refractivity (Wildman–Crippen MR) is 40.7 cm³/mol. The van der Waals surface area contributed by atoms with Gasteiger partial charge in [-0.15, -0.1) is 5.10 Å². The van der Waals surface area contributed by atoms with Crippen LogP contribution in [0.3, 0.4) is 0 Å². The first-order valence-corrected chi connectivity index (χ1v) is 3.00. The Morgan fingerprint density at radius 2 is 2.07 bits per heavy atom. The fourth-order valence-electron chi connectivity index (χ4n) is 0.725. The Labute approximate surface area is 74.3 Å². The molecule has 0 aliphatic heterocycles. The van der Waals surface area contributed by atoms with Crippen molar-refractivity contribution >= 4 is 17.3 Å². The summed E-state index contributed by atoms with van der Waals surface area (Å²) in [5.41, 5.74) is 7.03. The maximum atomic E-state index is 10.3. The van der Waals surface area contributed by atoms with Gasteiger partial charge in [0, 0.05) is 4.91 Å². The molecule has 0 spiro atoms. The third kappa shape index (κ3) is 1.42. The third-order valence-corrected chi connectivity index (χ3v) is 1.21. The predicted octanol–water partition coefficient (Wildman–Crippen LogP) is 1.17. The van der Waals surface area contributed by atoms with Crippen LogP contribution in [0, 0.1) is 20.2 Å². The van der Waals surface area contributed by atoms with E-state index in [4.69, 9.17) is 5.53 Å². The Bertz CT molecular complexity index is 422. The van der Waals surface area contributed by atoms with Crippen LogP contribution in [-0.2, 0) is 0 Å². The summed E-state index contributed by atoms with van der Waals surface area (Å²) in [7, 11) is 0. The fraction of sp³-hybridized carbons (Fsp3) is 0. The molecule has 0 radical (unpaired) electrons. The average Bonchev–Trinajstić information content (AvgIpc) is 2.48. The van der Waals surface area contributed by atoms with E-state index in [2.05, 4.69) is 15.1 Å². The molecule has 0 aromatic carbocycles. The molecule has 0 saturated heterocycles. The van der Waals surface area contributed by atoms with E-state index in [0.29, 0.717) is 0 Å². The third-order valence-electron chi connectivity index (χ3n) is 1.21. The van der Waals surface area contributed by atoms with Crippen molar-refractivity contribution in [2.24, 2.45) is 5.11 Å². The molecule has 11 heteroatoms. The SMILES string of the molecule is [N-]=[N+]=Nc1n[nH]c([N+](=O)[O-])c1[N+](=O)[O-]. The minimum atomic E-state index is -1.05. The van der Waals surface area contributed by atoms with Crippen LogP contribution in [0.2, 0.25) is 0 Å². The number of azide groups is 1. The molecule has 1 heterocycles. The first-order valence-electron chi connectivity index (χ1n) is 3.00. The minimum absolute atomic E-state index is 0.663. The minimum Gasteiger partial charge on any atom is -0.358 e. The largest absolute Gasteiger partial charge is 0.422 e. The van der Waals surface area contributed by atoms with Crippen LogP contribution in [0.4, 0.5) is 17.3 Å². The van der Waals surface area contributed by atoms with E-state index >= 15 is 0 Å². The van der Waals surface area contributed by atoms with Crippen molar-refractivity contribution in [3.63, 3.8) is 0 Å². The van der Waals surface area contributed by atoms with Gasteiger partial charge in [0.2, 0.25) is 0 Å². The van der Waals surface area contributed by atoms with Gasteiger partial charge in [-0.25, -0.2) is 0 Å². The van der Waals surface area contributed by atoms with Gasteiger partial charge < -0.3 is 10.1 Å². The molecule has 1 aromatic rings. The van der Waals surface area contributed by atoms with Crippen molar-refractivity contribution < 1.29 is 9.85 Å². The molecule has 1 aromatic heterocycles. The van der Waals surface area contributed by atoms with Crippen molar-refractivity contribution in [3.8, 4) is 0 Å². The molecule has 14 heavy (non-hydrogen) atoms. The molecular formula is C3HN7O4. The zero-order chi connectivity index (χ0) is 10.7. The van der Waals surface area contributed by atoms with E-state index in [1.54, 1.807) is 5.10 Å². The molecule has 0 amide bonds. The molecule has 0 atom stereocenters. The zero-order valence-corrected chi connectivity index (χ0v) is 6.32. The molecule has 1 rings (SSSR count). The Morgan fingerprint density at radius 3 is 2.50 bits per heavy atom. The molecule has 0 aliphatic rings. The summed E-state index contributed by atoms with van der Waals surface area (Å²) < 4.78 is 0. The number of nitro groups is 2. The van der Waals surface area contributed by atoms with Gasteiger partial charge in [0.05, 0.1) is 4.92 Å². The highest BCUT2D eigenvalue weighted by Gasteiger charge is 2.31. The van der Waals surface area contributed by atoms with Gasteiger partial charge in [0.1, 0.15) is 0 Å². The topological polar surface area (TPSA) is 164 Å². The molecule has 0 saturated carbocycles. The van der Waals surface area contributed by atoms with Gasteiger partial charge in [-0.3, -0.25) is 10.1 Å². The van der Waals surface area contributed by atoms with E-state index in [1.165, 1.54) is 0 Å². The average molecular weight is 199 g/mol. The van der Waals surface area contributed by atoms with Crippen LogP contribution >= 0.6 is 0 Å². The highest BCUT2D eigenvalue weighted by Crippen LogP contribution is 2.33. The highest BCUT2D eigenvalue weighted by molar-refractivity contribution is 5.61. The molecule has 0 bridgehead atoms. The Balaban J connectivity index is 3.41. The Hall–Kier alpha value is -2.68. The molecule has 11 nitrogen and oxygen atoms in total. The van der Waals surface area contributed by atoms with Crippen molar-refractivity contribution in [1.29, 1.82) is 0 Å². The van der Waals surface area contributed by atoms with Crippen LogP contribution in [0.1, 0.15) is 0 Å². The van der Waals surface area contributed by atoms with Crippen LogP contribution in [-0.4, -0.2) is 20.0 Å². The Kier molecular flexibility index (Phi) is 2.26. The number of aromatic nitrogens is 2. The van der Waals surface area contributed by atoms with Crippen molar-refractivity contribution in [3.05, 3.63) is 30.7 Å². The normalized spacial score (nSPS) is 9.14. The van der Waals surface area contributed by atoms with Gasteiger partial charge in [-0.05, 0) is 15.6 Å². The van der Waals surface area contributed by atoms with E-state index in [9.17, 15) is 20.2 Å². The van der Waals surface area contributed by atoms with Crippen molar-refractivity contribution in [2.45, 2.75) is 0 Å². The first-order chi connectivity index (χ1) is 6.57. The summed E-state index contributed by atoms with van der Waals surface area (Å²) in [5.74, 6) is -1.58. The standard InChI is InChI=1S/C3HN7O4/c4-8-6-2-1(9(11)12)3(7-5-2)10(13)14/h(H,5,7). The van der Waals surface area contributed by atoms with Gasteiger partial charge >= 0.3 is 11.5 Å². The van der Waals surface area contributed by atoms with E-state index in [0.717, 1.165) is 0 Å². The lowest BCUT2D eigenvalue weighted by Gasteiger charge is -1.88. The second kappa shape index (κ2) is 3.37. The number of H-pyrrole nitrogens is 1. The maximum Gasteiger partial charge on any atom is 0.422 e. The lowest BCUT2D eigenvalue weighted by atomic mass is 10.5. The molecular weight excluding hydrogens is 198 g/mol. The van der Waals surface area contributed by atoms with E-state index in [-0.39, 0.29) is 0 Å². The zero-order valence-electron chi connectivity index (χ0n) is 6.32. The second-order valence-electron chi connectivity index (χ2n) is 1.95. The van der Waals surface area contributed by atoms with Crippen LogP contribution in [0.25, 0.3) is 10.4 Å². The molecule has 0 fully saturated rings. The Morgan fingerprint density at radius 1 is 1.43 bits per heavy atom. The number of nitrogens with one attached hydrogen (secondary N) is 1. The van der Waals surface area contributed by atoms with E-state index in [1.807, 2.05) is 0 Å². The molecule has 0 unspecified atom stereocenters. The van der Waals surface area contributed by atoms with Crippen molar-refractivity contribution in [1.82, 2.24) is 10.2 Å². The van der Waals surface area contributed by atoms with Crippen molar-refractivity contribution in [2.75, 3.05) is 0 Å². The van der Waals surface area contributed by atoms with Gasteiger partial charge in [0.25, 0.3) is 5.82 Å². The second-order valence-corrected chi connectivity index (χ2v) is 1.95. The van der Waals surface area contributed by atoms with Crippen LogP contribution < -0.4 is 0 Å². The summed E-state index contributed by atoms with van der Waals surface area (Å²) in [5, 5.41) is 28.3. The summed E-state index contributed by atoms with van der Waals surface area (Å²) in [6, 6.07) is 0. The number of aromatic amines is 1.